The van der Waals surface area contributed by atoms with Gasteiger partial charge in [-0.05, 0) is 30.5 Å². The minimum atomic E-state index is -0.577. The second-order valence-electron chi connectivity index (χ2n) is 4.93. The van der Waals surface area contributed by atoms with Crippen molar-refractivity contribution in [2.24, 2.45) is 0 Å². The van der Waals surface area contributed by atoms with Crippen molar-refractivity contribution >= 4 is 5.97 Å². The molecule has 1 heterocycles. The molecule has 2 rings (SSSR count). The second-order valence-corrected chi connectivity index (χ2v) is 4.93. The fraction of sp³-hybridized carbons (Fsp3) is 0.533. The number of aliphatic hydroxyl groups excluding tert-OH is 1. The van der Waals surface area contributed by atoms with Gasteiger partial charge < -0.3 is 19.3 Å². The molecule has 0 aromatic heterocycles. The third-order valence-electron chi connectivity index (χ3n) is 3.44. The van der Waals surface area contributed by atoms with Crippen LogP contribution in [0.4, 0.5) is 0 Å². The summed E-state index contributed by atoms with van der Waals surface area (Å²) in [6.45, 7) is 0. The molecule has 1 aromatic rings. The molecule has 2 unspecified atom stereocenters. The fourth-order valence-corrected chi connectivity index (χ4v) is 2.40. The lowest BCUT2D eigenvalue weighted by Gasteiger charge is -2.25. The number of methoxy groups -OCH3 is 2. The number of benzene rings is 1. The highest BCUT2D eigenvalue weighted by atomic mass is 16.5. The molecule has 0 bridgehead atoms. The van der Waals surface area contributed by atoms with Crippen LogP contribution in [0.2, 0.25) is 0 Å². The predicted octanol–water partition coefficient (Wildman–Crippen LogP) is 1.70. The first-order valence-electron chi connectivity index (χ1n) is 6.71. The van der Waals surface area contributed by atoms with Crippen LogP contribution in [0.25, 0.3) is 0 Å². The first-order valence-corrected chi connectivity index (χ1v) is 6.71. The van der Waals surface area contributed by atoms with E-state index in [1.807, 2.05) is 18.2 Å². The lowest BCUT2D eigenvalue weighted by Crippen LogP contribution is -2.32. The molecular weight excluding hydrogens is 260 g/mol. The number of aliphatic hydroxyl groups is 1. The molecule has 20 heavy (non-hydrogen) atoms. The minimum Gasteiger partial charge on any atom is -0.493 e. The lowest BCUT2D eigenvalue weighted by atomic mass is 9.99. The fourth-order valence-electron chi connectivity index (χ4n) is 2.40. The van der Waals surface area contributed by atoms with Gasteiger partial charge in [0.05, 0.1) is 26.7 Å². The first-order chi connectivity index (χ1) is 9.62. The van der Waals surface area contributed by atoms with Crippen molar-refractivity contribution in [2.75, 3.05) is 14.2 Å². The van der Waals surface area contributed by atoms with Gasteiger partial charge in [0.25, 0.3) is 0 Å². The van der Waals surface area contributed by atoms with Gasteiger partial charge >= 0.3 is 5.97 Å². The zero-order valence-electron chi connectivity index (χ0n) is 11.8. The molecule has 1 aromatic carbocycles. The maximum Gasteiger partial charge on any atom is 0.308 e. The van der Waals surface area contributed by atoms with Gasteiger partial charge in [0.2, 0.25) is 0 Å². The molecular formula is C15H20O5. The van der Waals surface area contributed by atoms with E-state index in [2.05, 4.69) is 0 Å². The molecule has 1 saturated heterocycles. The van der Waals surface area contributed by atoms with Crippen LogP contribution < -0.4 is 9.47 Å². The Kier molecular flexibility index (Phi) is 4.84. The highest BCUT2D eigenvalue weighted by Gasteiger charge is 2.26. The summed E-state index contributed by atoms with van der Waals surface area (Å²) in [7, 11) is 3.20. The van der Waals surface area contributed by atoms with Crippen LogP contribution in [0.1, 0.15) is 24.8 Å². The van der Waals surface area contributed by atoms with E-state index < -0.39 is 6.10 Å². The summed E-state index contributed by atoms with van der Waals surface area (Å²) in [5.41, 5.74) is 1.08. The molecule has 5 nitrogen and oxygen atoms in total. The summed E-state index contributed by atoms with van der Waals surface area (Å²) in [4.78, 5) is 11.3. The van der Waals surface area contributed by atoms with Gasteiger partial charge in [0, 0.05) is 6.42 Å². The summed E-state index contributed by atoms with van der Waals surface area (Å²) in [6.07, 6.45) is 1.28. The zero-order valence-corrected chi connectivity index (χ0v) is 11.8. The van der Waals surface area contributed by atoms with Crippen molar-refractivity contribution in [1.29, 1.82) is 0 Å². The number of carbonyl (C=O) groups excluding carboxylic acids is 1. The van der Waals surface area contributed by atoms with Crippen molar-refractivity contribution < 1.29 is 24.1 Å². The summed E-state index contributed by atoms with van der Waals surface area (Å²) < 4.78 is 15.7. The Hall–Kier alpha value is -1.75. The standard InChI is InChI=1S/C15H20O5/c1-18-13-6-4-10(7-14(13)19-2)3-5-12-8-11(16)9-15(17)20-12/h4,6-7,11-12,16H,3,5,8-9H2,1-2H3. The molecule has 0 aliphatic carbocycles. The van der Waals surface area contributed by atoms with E-state index >= 15 is 0 Å². The summed E-state index contributed by atoms with van der Waals surface area (Å²) in [5.74, 6) is 1.06. The number of hydrogen-bond donors (Lipinski definition) is 1. The Morgan fingerprint density at radius 3 is 2.70 bits per heavy atom. The third-order valence-corrected chi connectivity index (χ3v) is 3.44. The van der Waals surface area contributed by atoms with Gasteiger partial charge in [-0.2, -0.15) is 0 Å². The van der Waals surface area contributed by atoms with Crippen molar-refractivity contribution in [3.63, 3.8) is 0 Å². The van der Waals surface area contributed by atoms with Crippen LogP contribution in [-0.4, -0.2) is 37.5 Å². The number of esters is 1. The van der Waals surface area contributed by atoms with Gasteiger partial charge in [-0.15, -0.1) is 0 Å². The number of cyclic esters (lactones) is 1. The average molecular weight is 280 g/mol. The highest BCUT2D eigenvalue weighted by molar-refractivity contribution is 5.70. The Bertz CT molecular complexity index is 471. The molecule has 110 valence electrons. The minimum absolute atomic E-state index is 0.104. The smallest absolute Gasteiger partial charge is 0.308 e. The SMILES string of the molecule is COc1ccc(CCC2CC(O)CC(=O)O2)cc1OC. The Balaban J connectivity index is 1.95. The largest absolute Gasteiger partial charge is 0.493 e. The van der Waals surface area contributed by atoms with Crippen molar-refractivity contribution in [3.8, 4) is 11.5 Å². The van der Waals surface area contributed by atoms with Crippen molar-refractivity contribution in [2.45, 2.75) is 37.9 Å². The summed E-state index contributed by atoms with van der Waals surface area (Å²) in [6, 6.07) is 5.73. The number of rotatable bonds is 5. The summed E-state index contributed by atoms with van der Waals surface area (Å²) >= 11 is 0. The van der Waals surface area contributed by atoms with E-state index in [9.17, 15) is 9.90 Å². The number of hydrogen-bond acceptors (Lipinski definition) is 5. The van der Waals surface area contributed by atoms with E-state index in [1.165, 1.54) is 0 Å². The molecule has 1 aliphatic heterocycles. The Morgan fingerprint density at radius 1 is 1.30 bits per heavy atom. The molecule has 1 aliphatic rings. The van der Waals surface area contributed by atoms with Gasteiger partial charge in [-0.25, -0.2) is 0 Å². The second kappa shape index (κ2) is 6.61. The monoisotopic (exact) mass is 280 g/mol. The Morgan fingerprint density at radius 2 is 2.05 bits per heavy atom. The molecule has 0 radical (unpaired) electrons. The molecule has 1 N–H and O–H groups in total. The first kappa shape index (κ1) is 14.7. The van der Waals surface area contributed by atoms with Gasteiger partial charge in [-0.1, -0.05) is 6.07 Å². The van der Waals surface area contributed by atoms with E-state index in [0.717, 1.165) is 12.0 Å². The third kappa shape index (κ3) is 3.63. The van der Waals surface area contributed by atoms with Crippen LogP contribution >= 0.6 is 0 Å². The van der Waals surface area contributed by atoms with Crippen molar-refractivity contribution in [3.05, 3.63) is 23.8 Å². The lowest BCUT2D eigenvalue weighted by molar-refractivity contribution is -0.160. The predicted molar refractivity (Wildman–Crippen MR) is 73.0 cm³/mol. The zero-order chi connectivity index (χ0) is 14.5. The van der Waals surface area contributed by atoms with Gasteiger partial charge in [0.15, 0.2) is 11.5 Å². The molecule has 0 spiro atoms. The Labute approximate surface area is 118 Å². The number of carbonyl (C=O) groups is 1. The number of aryl methyl sites for hydroxylation is 1. The molecule has 2 atom stereocenters. The van der Waals surface area contributed by atoms with E-state index in [-0.39, 0.29) is 18.5 Å². The van der Waals surface area contributed by atoms with Gasteiger partial charge in [0.1, 0.15) is 6.10 Å². The molecule has 0 saturated carbocycles. The normalized spacial score (nSPS) is 22.2. The molecule has 0 amide bonds. The van der Waals surface area contributed by atoms with Crippen LogP contribution in [0.5, 0.6) is 11.5 Å². The highest BCUT2D eigenvalue weighted by Crippen LogP contribution is 2.28. The van der Waals surface area contributed by atoms with Gasteiger partial charge in [-0.3, -0.25) is 4.79 Å². The molecule has 5 heteroatoms. The summed E-state index contributed by atoms with van der Waals surface area (Å²) in [5, 5.41) is 9.56. The molecule has 1 fully saturated rings. The van der Waals surface area contributed by atoms with E-state index in [1.54, 1.807) is 14.2 Å². The quantitative estimate of drug-likeness (QED) is 0.832. The van der Waals surface area contributed by atoms with E-state index in [0.29, 0.717) is 24.3 Å². The maximum atomic E-state index is 11.3. The topological polar surface area (TPSA) is 65.0 Å². The van der Waals surface area contributed by atoms with Crippen LogP contribution in [0, 0.1) is 0 Å². The maximum absolute atomic E-state index is 11.3. The van der Waals surface area contributed by atoms with E-state index in [4.69, 9.17) is 14.2 Å². The van der Waals surface area contributed by atoms with Crippen molar-refractivity contribution in [1.82, 2.24) is 0 Å². The van der Waals surface area contributed by atoms with Crippen LogP contribution in [0.3, 0.4) is 0 Å². The average Bonchev–Trinajstić information content (AvgIpc) is 2.43. The van der Waals surface area contributed by atoms with Crippen LogP contribution in [-0.2, 0) is 16.0 Å². The van der Waals surface area contributed by atoms with Crippen LogP contribution in [0.15, 0.2) is 18.2 Å². The number of ether oxygens (including phenoxy) is 3.